The highest BCUT2D eigenvalue weighted by atomic mass is 127. The topological polar surface area (TPSA) is 48.9 Å². The van der Waals surface area contributed by atoms with Gasteiger partial charge in [-0.05, 0) is 11.1 Å². The van der Waals surface area contributed by atoms with Gasteiger partial charge in [0, 0.05) is 39.8 Å². The zero-order valence-corrected chi connectivity index (χ0v) is 16.1. The predicted octanol–water partition coefficient (Wildman–Crippen LogP) is 1.99. The van der Waals surface area contributed by atoms with Gasteiger partial charge in [-0.25, -0.2) is 0 Å². The minimum absolute atomic E-state index is 0. The largest absolute Gasteiger partial charge is 0.379 e. The van der Waals surface area contributed by atoms with Gasteiger partial charge in [-0.2, -0.15) is 0 Å². The Morgan fingerprint density at radius 2 is 2.04 bits per heavy atom. The van der Waals surface area contributed by atoms with E-state index < -0.39 is 0 Å². The van der Waals surface area contributed by atoms with Crippen LogP contribution >= 0.6 is 24.0 Å². The summed E-state index contributed by atoms with van der Waals surface area (Å²) in [6.45, 7) is 9.85. The molecule has 5 nitrogen and oxygen atoms in total. The van der Waals surface area contributed by atoms with Gasteiger partial charge in [0.25, 0.3) is 0 Å². The quantitative estimate of drug-likeness (QED) is 0.314. The molecule has 23 heavy (non-hydrogen) atoms. The van der Waals surface area contributed by atoms with Crippen LogP contribution in [0.25, 0.3) is 0 Å². The highest BCUT2D eigenvalue weighted by molar-refractivity contribution is 14.0. The first-order chi connectivity index (χ1) is 10.8. The Hall–Kier alpha value is -1.12. The van der Waals surface area contributed by atoms with Crippen LogP contribution in [0.4, 0.5) is 0 Å². The fourth-order valence-corrected chi connectivity index (χ4v) is 2.43. The summed E-state index contributed by atoms with van der Waals surface area (Å²) in [5.74, 6) is 0.790. The lowest BCUT2D eigenvalue weighted by Crippen LogP contribution is -2.37. The fourth-order valence-electron chi connectivity index (χ4n) is 2.43. The summed E-state index contributed by atoms with van der Waals surface area (Å²) >= 11 is 0. The van der Waals surface area contributed by atoms with Gasteiger partial charge in [0.2, 0.25) is 0 Å². The Balaban J connectivity index is 0.00000264. The number of hydrogen-bond acceptors (Lipinski definition) is 3. The summed E-state index contributed by atoms with van der Waals surface area (Å²) in [7, 11) is 1.77. The molecule has 1 aliphatic heterocycles. The van der Waals surface area contributed by atoms with Crippen LogP contribution in [0.5, 0.6) is 0 Å². The van der Waals surface area contributed by atoms with Crippen LogP contribution in [0.2, 0.25) is 0 Å². The monoisotopic (exact) mass is 430 g/mol. The Bertz CT molecular complexity index is 501. The average Bonchev–Trinajstić information content (AvgIpc) is 2.56. The molecule has 0 bridgehead atoms. The van der Waals surface area contributed by atoms with Crippen LogP contribution < -0.4 is 10.6 Å². The summed E-state index contributed by atoms with van der Waals surface area (Å²) in [5, 5.41) is 6.48. The van der Waals surface area contributed by atoms with E-state index in [2.05, 4.69) is 51.4 Å². The Kier molecular flexibility index (Phi) is 9.89. The molecule has 0 aromatic heterocycles. The molecule has 0 spiro atoms. The minimum Gasteiger partial charge on any atom is -0.379 e. The van der Waals surface area contributed by atoms with Gasteiger partial charge in [-0.3, -0.25) is 9.89 Å². The molecule has 0 radical (unpaired) electrons. The Morgan fingerprint density at radius 3 is 2.74 bits per heavy atom. The molecule has 1 aromatic carbocycles. The summed E-state index contributed by atoms with van der Waals surface area (Å²) < 4.78 is 5.39. The SMILES string of the molecule is C=CCNC(=NC)NCc1cccc(CN2CCOCC2)c1.I. The van der Waals surface area contributed by atoms with E-state index in [-0.39, 0.29) is 24.0 Å². The van der Waals surface area contributed by atoms with Crippen molar-refractivity contribution in [1.82, 2.24) is 15.5 Å². The molecule has 6 heteroatoms. The normalized spacial score (nSPS) is 15.6. The molecular weight excluding hydrogens is 403 g/mol. The van der Waals surface area contributed by atoms with Gasteiger partial charge in [0.15, 0.2) is 5.96 Å². The van der Waals surface area contributed by atoms with Gasteiger partial charge in [0.1, 0.15) is 0 Å². The highest BCUT2D eigenvalue weighted by Gasteiger charge is 2.10. The zero-order valence-electron chi connectivity index (χ0n) is 13.8. The average molecular weight is 430 g/mol. The van der Waals surface area contributed by atoms with E-state index in [1.807, 2.05) is 6.08 Å². The van der Waals surface area contributed by atoms with E-state index in [4.69, 9.17) is 4.74 Å². The lowest BCUT2D eigenvalue weighted by atomic mass is 10.1. The van der Waals surface area contributed by atoms with E-state index in [0.29, 0.717) is 6.54 Å². The molecule has 128 valence electrons. The molecule has 1 aromatic rings. The lowest BCUT2D eigenvalue weighted by Gasteiger charge is -2.26. The summed E-state index contributed by atoms with van der Waals surface area (Å²) in [5.41, 5.74) is 2.60. The number of halogens is 1. The second-order valence-corrected chi connectivity index (χ2v) is 5.30. The van der Waals surface area contributed by atoms with Gasteiger partial charge in [-0.15, -0.1) is 30.6 Å². The zero-order chi connectivity index (χ0) is 15.6. The first-order valence-electron chi connectivity index (χ1n) is 7.75. The third-order valence-corrected chi connectivity index (χ3v) is 3.60. The number of benzene rings is 1. The number of nitrogens with zero attached hydrogens (tertiary/aromatic N) is 2. The molecule has 1 fully saturated rings. The van der Waals surface area contributed by atoms with Crippen LogP contribution in [-0.2, 0) is 17.8 Å². The van der Waals surface area contributed by atoms with Crippen molar-refractivity contribution in [3.05, 3.63) is 48.0 Å². The van der Waals surface area contributed by atoms with Gasteiger partial charge in [-0.1, -0.05) is 30.3 Å². The maximum Gasteiger partial charge on any atom is 0.191 e. The van der Waals surface area contributed by atoms with E-state index in [1.54, 1.807) is 7.05 Å². The van der Waals surface area contributed by atoms with Crippen LogP contribution in [0, 0.1) is 0 Å². The van der Waals surface area contributed by atoms with E-state index in [9.17, 15) is 0 Å². The van der Waals surface area contributed by atoms with Gasteiger partial charge in [0.05, 0.1) is 13.2 Å². The van der Waals surface area contributed by atoms with Gasteiger partial charge >= 0.3 is 0 Å². The first kappa shape index (κ1) is 19.9. The maximum absolute atomic E-state index is 5.39. The summed E-state index contributed by atoms with van der Waals surface area (Å²) in [6.07, 6.45) is 1.82. The van der Waals surface area contributed by atoms with E-state index in [1.165, 1.54) is 11.1 Å². The molecule has 0 unspecified atom stereocenters. The third-order valence-electron chi connectivity index (χ3n) is 3.60. The molecule has 2 rings (SSSR count). The number of rotatable bonds is 6. The smallest absolute Gasteiger partial charge is 0.191 e. The molecule has 0 aliphatic carbocycles. The van der Waals surface area contributed by atoms with Crippen molar-refractivity contribution in [2.75, 3.05) is 39.9 Å². The summed E-state index contributed by atoms with van der Waals surface area (Å²) in [4.78, 5) is 6.61. The maximum atomic E-state index is 5.39. The Labute approximate surface area is 156 Å². The van der Waals surface area contributed by atoms with Crippen LogP contribution in [0.15, 0.2) is 41.9 Å². The molecule has 0 amide bonds. The second-order valence-electron chi connectivity index (χ2n) is 5.30. The van der Waals surface area contributed by atoms with Crippen molar-refractivity contribution in [1.29, 1.82) is 0 Å². The number of aliphatic imine (C=N–C) groups is 1. The van der Waals surface area contributed by atoms with Crippen LogP contribution in [0.1, 0.15) is 11.1 Å². The molecule has 2 N–H and O–H groups in total. The van der Waals surface area contributed by atoms with Crippen molar-refractivity contribution in [3.63, 3.8) is 0 Å². The summed E-state index contributed by atoms with van der Waals surface area (Å²) in [6, 6.07) is 8.69. The molecule has 0 saturated carbocycles. The number of morpholine rings is 1. The van der Waals surface area contributed by atoms with E-state index in [0.717, 1.165) is 45.4 Å². The molecular formula is C17H27IN4O. The standard InChI is InChI=1S/C17H26N4O.HI/c1-3-7-19-17(18-2)20-13-15-5-4-6-16(12-15)14-21-8-10-22-11-9-21;/h3-6,12H,1,7-11,13-14H2,2H3,(H2,18,19,20);1H. The number of nitrogens with one attached hydrogen (secondary N) is 2. The number of ether oxygens (including phenoxy) is 1. The van der Waals surface area contributed by atoms with Gasteiger partial charge < -0.3 is 15.4 Å². The molecule has 1 heterocycles. The number of guanidine groups is 1. The minimum atomic E-state index is 0. The third kappa shape index (κ3) is 7.32. The van der Waals surface area contributed by atoms with Crippen molar-refractivity contribution in [2.24, 2.45) is 4.99 Å². The predicted molar refractivity (Wildman–Crippen MR) is 106 cm³/mol. The second kappa shape index (κ2) is 11.4. The van der Waals surface area contributed by atoms with Crippen molar-refractivity contribution in [3.8, 4) is 0 Å². The highest BCUT2D eigenvalue weighted by Crippen LogP contribution is 2.10. The van der Waals surface area contributed by atoms with Crippen LogP contribution in [0.3, 0.4) is 0 Å². The molecule has 1 saturated heterocycles. The molecule has 1 aliphatic rings. The fraction of sp³-hybridized carbons (Fsp3) is 0.471. The first-order valence-corrected chi connectivity index (χ1v) is 7.75. The molecule has 0 atom stereocenters. The van der Waals surface area contributed by atoms with E-state index >= 15 is 0 Å². The van der Waals surface area contributed by atoms with Crippen molar-refractivity contribution >= 4 is 29.9 Å². The van der Waals surface area contributed by atoms with Crippen molar-refractivity contribution < 1.29 is 4.74 Å². The van der Waals surface area contributed by atoms with Crippen molar-refractivity contribution in [2.45, 2.75) is 13.1 Å². The lowest BCUT2D eigenvalue weighted by molar-refractivity contribution is 0.0342. The number of hydrogen-bond donors (Lipinski definition) is 2. The Morgan fingerprint density at radius 1 is 1.30 bits per heavy atom. The van der Waals surface area contributed by atoms with Crippen LogP contribution in [-0.4, -0.2) is 50.8 Å².